The highest BCUT2D eigenvalue weighted by atomic mass is 35.5. The predicted octanol–water partition coefficient (Wildman–Crippen LogP) is 3.64. The van der Waals surface area contributed by atoms with Crippen molar-refractivity contribution in [3.8, 4) is 0 Å². The zero-order valence-electron chi connectivity index (χ0n) is 23.9. The molecule has 2 atom stereocenters. The molecular weight excluding hydrogens is 557 g/mol. The molecule has 1 unspecified atom stereocenters. The first-order valence-corrected chi connectivity index (χ1v) is 14.6. The minimum Gasteiger partial charge on any atom is -0.384 e. The summed E-state index contributed by atoms with van der Waals surface area (Å²) in [5.74, 6) is -1.26. The van der Waals surface area contributed by atoms with E-state index < -0.39 is 17.8 Å². The minimum absolute atomic E-state index is 0. The zero-order chi connectivity index (χ0) is 29.4. The van der Waals surface area contributed by atoms with Gasteiger partial charge in [0.25, 0.3) is 0 Å². The molecule has 1 heterocycles. The van der Waals surface area contributed by atoms with Crippen LogP contribution < -0.4 is 22.1 Å². The van der Waals surface area contributed by atoms with Gasteiger partial charge in [-0.15, -0.1) is 12.4 Å². The Bertz CT molecular complexity index is 1230. The third-order valence-electron chi connectivity index (χ3n) is 8.49. The first-order chi connectivity index (χ1) is 19.7. The summed E-state index contributed by atoms with van der Waals surface area (Å²) in [6.07, 6.45) is 6.87. The summed E-state index contributed by atoms with van der Waals surface area (Å²) in [7, 11) is 0. The maximum atomic E-state index is 14.2. The largest absolute Gasteiger partial charge is 0.384 e. The number of piperidine rings is 1. The summed E-state index contributed by atoms with van der Waals surface area (Å²) in [4.78, 5) is 29.3. The van der Waals surface area contributed by atoms with E-state index in [4.69, 9.17) is 22.3 Å². The van der Waals surface area contributed by atoms with E-state index in [9.17, 15) is 14.0 Å². The SMILES string of the molecule is Cl.N=C(N)c1ccc(CC(C(=O)N[C@H](C(=O)NCC2CCN(C(=N)N)CC2)C2CCCCC2)c2cccc(F)c2)cc1. The number of hydrogen-bond acceptors (Lipinski definition) is 4. The Balaban J connectivity index is 0.00000484. The molecule has 2 amide bonds. The molecule has 0 spiro atoms. The number of carbonyl (C=O) groups excluding carboxylic acids is 2. The Morgan fingerprint density at radius 3 is 2.21 bits per heavy atom. The molecule has 8 N–H and O–H groups in total. The van der Waals surface area contributed by atoms with Crippen LogP contribution >= 0.6 is 12.4 Å². The van der Waals surface area contributed by atoms with Crippen molar-refractivity contribution in [1.82, 2.24) is 15.5 Å². The Hall–Kier alpha value is -3.66. The van der Waals surface area contributed by atoms with Crippen LogP contribution in [0.5, 0.6) is 0 Å². The average molecular weight is 600 g/mol. The topological polar surface area (TPSA) is 161 Å². The molecule has 1 aliphatic heterocycles. The van der Waals surface area contributed by atoms with Gasteiger partial charge >= 0.3 is 0 Å². The van der Waals surface area contributed by atoms with Crippen LogP contribution in [-0.2, 0) is 16.0 Å². The van der Waals surface area contributed by atoms with Crippen LogP contribution in [0, 0.1) is 28.5 Å². The van der Waals surface area contributed by atoms with Crippen molar-refractivity contribution in [2.45, 2.75) is 63.3 Å². The molecule has 1 saturated carbocycles. The van der Waals surface area contributed by atoms with Crippen molar-refractivity contribution in [3.63, 3.8) is 0 Å². The van der Waals surface area contributed by atoms with Gasteiger partial charge in [0, 0.05) is 25.2 Å². The quantitative estimate of drug-likeness (QED) is 0.181. The summed E-state index contributed by atoms with van der Waals surface area (Å²) in [6.45, 7) is 1.90. The van der Waals surface area contributed by atoms with Gasteiger partial charge in [-0.2, -0.15) is 0 Å². The molecule has 2 fully saturated rings. The first-order valence-electron chi connectivity index (χ1n) is 14.6. The van der Waals surface area contributed by atoms with E-state index in [1.807, 2.05) is 17.0 Å². The number of guanidine groups is 1. The van der Waals surface area contributed by atoms with Crippen LogP contribution in [0.4, 0.5) is 4.39 Å². The lowest BCUT2D eigenvalue weighted by Gasteiger charge is -2.34. The standard InChI is InChI=1S/C31H42FN7O2.ClH/c32-25-8-4-7-24(18-25)26(17-20-9-11-23(12-10-20)28(33)34)29(40)38-27(22-5-2-1-3-6-22)30(41)37-19-21-13-15-39(16-14-21)31(35)36;/h4,7-12,18,21-22,26-27H,1-3,5-6,13-17,19H2,(H3,33,34)(H3,35,36)(H,37,41)(H,38,40);1H/t26?,27-;/m0./s1. The number of hydrogen-bond donors (Lipinski definition) is 6. The zero-order valence-corrected chi connectivity index (χ0v) is 24.7. The van der Waals surface area contributed by atoms with Gasteiger partial charge < -0.3 is 27.0 Å². The predicted molar refractivity (Wildman–Crippen MR) is 165 cm³/mol. The molecule has 0 aromatic heterocycles. The molecule has 2 aliphatic rings. The van der Waals surface area contributed by atoms with Gasteiger partial charge in [-0.1, -0.05) is 55.7 Å². The van der Waals surface area contributed by atoms with Crippen molar-refractivity contribution in [2.75, 3.05) is 19.6 Å². The van der Waals surface area contributed by atoms with Crippen molar-refractivity contribution >= 4 is 36.0 Å². The lowest BCUT2D eigenvalue weighted by Crippen LogP contribution is -2.53. The summed E-state index contributed by atoms with van der Waals surface area (Å²) in [6, 6.07) is 12.5. The normalized spacial score (nSPS) is 17.4. The van der Waals surface area contributed by atoms with Crippen molar-refractivity contribution in [3.05, 3.63) is 71.0 Å². The van der Waals surface area contributed by atoms with E-state index in [1.54, 1.807) is 24.3 Å². The van der Waals surface area contributed by atoms with Crippen LogP contribution in [0.25, 0.3) is 0 Å². The van der Waals surface area contributed by atoms with Gasteiger partial charge in [0.2, 0.25) is 11.8 Å². The molecule has 4 rings (SSSR count). The molecule has 2 aromatic rings. The van der Waals surface area contributed by atoms with E-state index in [0.717, 1.165) is 50.5 Å². The van der Waals surface area contributed by atoms with Gasteiger partial charge in [-0.25, -0.2) is 4.39 Å². The molecular formula is C31H43ClFN7O2. The van der Waals surface area contributed by atoms with Crippen LogP contribution in [-0.4, -0.2) is 54.2 Å². The highest BCUT2D eigenvalue weighted by Crippen LogP contribution is 2.29. The molecule has 228 valence electrons. The number of amides is 2. The van der Waals surface area contributed by atoms with E-state index in [-0.39, 0.29) is 47.9 Å². The second kappa shape index (κ2) is 15.5. The van der Waals surface area contributed by atoms with Gasteiger partial charge in [0.1, 0.15) is 17.7 Å². The monoisotopic (exact) mass is 599 g/mol. The Morgan fingerprint density at radius 1 is 0.952 bits per heavy atom. The third kappa shape index (κ3) is 8.92. The second-order valence-electron chi connectivity index (χ2n) is 11.4. The Morgan fingerprint density at radius 2 is 1.62 bits per heavy atom. The second-order valence-corrected chi connectivity index (χ2v) is 11.4. The number of likely N-dealkylation sites (tertiary alicyclic amines) is 1. The Kier molecular flexibility index (Phi) is 12.2. The summed E-state index contributed by atoms with van der Waals surface area (Å²) in [5, 5.41) is 21.4. The minimum atomic E-state index is -0.705. The average Bonchev–Trinajstić information content (AvgIpc) is 2.98. The highest BCUT2D eigenvalue weighted by molar-refractivity contribution is 5.95. The van der Waals surface area contributed by atoms with Crippen LogP contribution in [0.15, 0.2) is 48.5 Å². The molecule has 9 nitrogen and oxygen atoms in total. The smallest absolute Gasteiger partial charge is 0.242 e. The molecule has 11 heteroatoms. The molecule has 1 saturated heterocycles. The van der Waals surface area contributed by atoms with Crippen molar-refractivity contribution in [1.29, 1.82) is 10.8 Å². The fraction of sp³-hybridized carbons (Fsp3) is 0.484. The molecule has 0 bridgehead atoms. The van der Waals surface area contributed by atoms with E-state index >= 15 is 0 Å². The number of nitrogens with one attached hydrogen (secondary N) is 4. The molecule has 1 aliphatic carbocycles. The fourth-order valence-corrected chi connectivity index (χ4v) is 5.99. The van der Waals surface area contributed by atoms with E-state index in [2.05, 4.69) is 10.6 Å². The summed E-state index contributed by atoms with van der Waals surface area (Å²) in [5.41, 5.74) is 13.2. The lowest BCUT2D eigenvalue weighted by molar-refractivity contribution is -0.131. The number of benzene rings is 2. The van der Waals surface area contributed by atoms with E-state index in [0.29, 0.717) is 37.2 Å². The fourth-order valence-electron chi connectivity index (χ4n) is 5.99. The first kappa shape index (κ1) is 32.8. The van der Waals surface area contributed by atoms with Gasteiger partial charge in [-0.05, 0) is 67.2 Å². The van der Waals surface area contributed by atoms with Crippen molar-refractivity contribution < 1.29 is 14.0 Å². The maximum absolute atomic E-state index is 14.2. The van der Waals surface area contributed by atoms with E-state index in [1.165, 1.54) is 12.1 Å². The van der Waals surface area contributed by atoms with Gasteiger partial charge in [0.15, 0.2) is 5.96 Å². The molecule has 0 radical (unpaired) electrons. The lowest BCUT2D eigenvalue weighted by atomic mass is 9.82. The third-order valence-corrected chi connectivity index (χ3v) is 8.49. The number of nitrogens with two attached hydrogens (primary N) is 2. The number of carbonyl (C=O) groups is 2. The van der Waals surface area contributed by atoms with Gasteiger partial charge in [0.05, 0.1) is 5.92 Å². The number of halogens is 2. The molecule has 42 heavy (non-hydrogen) atoms. The molecule has 2 aromatic carbocycles. The number of nitrogens with zero attached hydrogens (tertiary/aromatic N) is 1. The Labute approximate surface area is 253 Å². The van der Waals surface area contributed by atoms with Crippen LogP contribution in [0.1, 0.15) is 67.6 Å². The summed E-state index contributed by atoms with van der Waals surface area (Å²) >= 11 is 0. The van der Waals surface area contributed by atoms with Gasteiger partial charge in [-0.3, -0.25) is 20.4 Å². The summed E-state index contributed by atoms with van der Waals surface area (Å²) < 4.78 is 14.2. The van der Waals surface area contributed by atoms with Crippen molar-refractivity contribution in [2.24, 2.45) is 23.3 Å². The number of amidine groups is 1. The number of rotatable bonds is 10. The van der Waals surface area contributed by atoms with Crippen LogP contribution in [0.3, 0.4) is 0 Å². The van der Waals surface area contributed by atoms with Crippen LogP contribution in [0.2, 0.25) is 0 Å². The maximum Gasteiger partial charge on any atom is 0.242 e. The highest BCUT2D eigenvalue weighted by Gasteiger charge is 2.34. The number of nitrogen functional groups attached to an aromatic ring is 1.